The zero-order valence-corrected chi connectivity index (χ0v) is 23.3. The topological polar surface area (TPSA) is 170 Å². The number of nitrogens with zero attached hydrogens (tertiary/aromatic N) is 6. The average Bonchev–Trinajstić information content (AvgIpc) is 3.62. The number of fused-ring (bicyclic) bond motifs is 2. The highest BCUT2D eigenvalue weighted by Crippen LogP contribution is 2.32. The van der Waals surface area contributed by atoms with Gasteiger partial charge in [-0.3, -0.25) is 10.1 Å². The molecule has 0 radical (unpaired) electrons. The Morgan fingerprint density at radius 1 is 0.778 bits per heavy atom. The molecule has 0 unspecified atom stereocenters. The number of hydrogen-bond donors (Lipinski definition) is 0. The summed E-state index contributed by atoms with van der Waals surface area (Å²) in [5.41, 5.74) is 1.12. The molecule has 15 nitrogen and oxygen atoms in total. The van der Waals surface area contributed by atoms with E-state index in [4.69, 9.17) is 14.3 Å². The van der Waals surface area contributed by atoms with E-state index in [0.717, 1.165) is 13.1 Å². The summed E-state index contributed by atoms with van der Waals surface area (Å²) in [6, 6.07) is 19.5. The van der Waals surface area contributed by atoms with Crippen LogP contribution in [0.4, 0.5) is 11.4 Å². The van der Waals surface area contributed by atoms with E-state index in [1.54, 1.807) is 59.4 Å². The smallest absolute Gasteiger partial charge is 0.383 e. The Morgan fingerprint density at radius 3 is 1.98 bits per heavy atom. The van der Waals surface area contributed by atoms with E-state index >= 15 is 0 Å². The van der Waals surface area contributed by atoms with Crippen LogP contribution in [0.15, 0.2) is 97.6 Å². The number of pyridine rings is 2. The van der Waals surface area contributed by atoms with Gasteiger partial charge in [0.15, 0.2) is 0 Å². The number of hydrogen-bond acceptors (Lipinski definition) is 11. The standard InChI is InChI=1S/C30H21N6O9/c1-19(37)44-36(41)21-9-11-29(32-17-21)43-27-7-3-5-25-23(27)13-15-34(25)45-30(38)18-33-14-12-22-24(33)4-2-6-26(22)42-28-10-8-20(16-31-28)35(39)40/h2-17H,18H2,1H3/q+1. The Bertz CT molecular complexity index is 2090. The Hall–Kier alpha value is -6.64. The van der Waals surface area contributed by atoms with Crippen molar-refractivity contribution in [1.29, 1.82) is 0 Å². The van der Waals surface area contributed by atoms with Crippen molar-refractivity contribution in [2.75, 3.05) is 0 Å². The molecule has 15 heteroatoms. The summed E-state index contributed by atoms with van der Waals surface area (Å²) in [5, 5.41) is 12.2. The summed E-state index contributed by atoms with van der Waals surface area (Å²) >= 11 is 0. The summed E-state index contributed by atoms with van der Waals surface area (Å²) in [6.07, 6.45) is 5.61. The minimum Gasteiger partial charge on any atom is -0.438 e. The number of carbonyl (C=O) groups is 2. The summed E-state index contributed by atoms with van der Waals surface area (Å²) in [5.74, 6) is -0.0606. The van der Waals surface area contributed by atoms with Gasteiger partial charge in [0.05, 0.1) is 20.9 Å². The molecule has 4 aromatic heterocycles. The summed E-state index contributed by atoms with van der Waals surface area (Å²) in [7, 11) is 0. The predicted octanol–water partition coefficient (Wildman–Crippen LogP) is 5.42. The molecule has 224 valence electrons. The van der Waals surface area contributed by atoms with Crippen molar-refractivity contribution in [2.45, 2.75) is 13.5 Å². The molecular formula is C30H21N6O9+. The maximum Gasteiger partial charge on any atom is 0.383 e. The molecule has 0 aliphatic rings. The van der Waals surface area contributed by atoms with Crippen molar-refractivity contribution < 1.29 is 38.6 Å². The fraction of sp³-hybridized carbons (Fsp3) is 0.0667. The van der Waals surface area contributed by atoms with Crippen molar-refractivity contribution in [3.05, 3.63) is 113 Å². The van der Waals surface area contributed by atoms with Crippen LogP contribution in [0.3, 0.4) is 0 Å². The van der Waals surface area contributed by atoms with Crippen LogP contribution in [0.25, 0.3) is 21.8 Å². The first-order valence-electron chi connectivity index (χ1n) is 13.2. The van der Waals surface area contributed by atoms with Gasteiger partial charge >= 0.3 is 17.6 Å². The molecule has 0 fully saturated rings. The molecule has 0 spiro atoms. The van der Waals surface area contributed by atoms with Crippen LogP contribution in [-0.2, 0) is 21.0 Å². The monoisotopic (exact) mass is 609 g/mol. The lowest BCUT2D eigenvalue weighted by molar-refractivity contribution is -0.716. The van der Waals surface area contributed by atoms with E-state index in [9.17, 15) is 24.6 Å². The van der Waals surface area contributed by atoms with Crippen LogP contribution < -0.4 is 14.3 Å². The first-order chi connectivity index (χ1) is 21.7. The van der Waals surface area contributed by atoms with E-state index in [-0.39, 0.29) is 34.6 Å². The molecule has 0 saturated carbocycles. The molecule has 0 N–H and O–H groups in total. The second-order valence-electron chi connectivity index (χ2n) is 9.44. The second-order valence-corrected chi connectivity index (χ2v) is 9.44. The Morgan fingerprint density at radius 2 is 1.38 bits per heavy atom. The van der Waals surface area contributed by atoms with E-state index < -0.39 is 16.9 Å². The molecule has 2 aromatic carbocycles. The fourth-order valence-corrected chi connectivity index (χ4v) is 4.46. The summed E-state index contributed by atoms with van der Waals surface area (Å²) < 4.78 is 14.8. The van der Waals surface area contributed by atoms with Gasteiger partial charge < -0.3 is 18.9 Å². The lowest BCUT2D eigenvalue weighted by Gasteiger charge is -2.10. The molecule has 0 aliphatic carbocycles. The van der Waals surface area contributed by atoms with Crippen molar-refractivity contribution in [2.24, 2.45) is 0 Å². The van der Waals surface area contributed by atoms with Crippen molar-refractivity contribution >= 4 is 45.1 Å². The molecule has 0 atom stereocenters. The molecule has 0 saturated heterocycles. The average molecular weight is 610 g/mol. The summed E-state index contributed by atoms with van der Waals surface area (Å²) in [4.78, 5) is 64.3. The van der Waals surface area contributed by atoms with E-state index in [2.05, 4.69) is 14.8 Å². The Kier molecular flexibility index (Phi) is 7.55. The lowest BCUT2D eigenvalue weighted by Crippen LogP contribution is -2.23. The highest BCUT2D eigenvalue weighted by Gasteiger charge is 2.20. The molecule has 6 aromatic rings. The highest BCUT2D eigenvalue weighted by atomic mass is 16.8. The largest absolute Gasteiger partial charge is 0.438 e. The number of carbonyl (C=O) groups excluding carboxylic acids is 2. The molecule has 0 amide bonds. The minimum atomic E-state index is -0.762. The van der Waals surface area contributed by atoms with Gasteiger partial charge in [0, 0.05) is 54.4 Å². The maximum atomic E-state index is 13.0. The highest BCUT2D eigenvalue weighted by molar-refractivity contribution is 5.89. The van der Waals surface area contributed by atoms with Gasteiger partial charge in [-0.2, -0.15) is 4.73 Å². The van der Waals surface area contributed by atoms with Crippen LogP contribution >= 0.6 is 0 Å². The van der Waals surface area contributed by atoms with E-state index in [0.29, 0.717) is 33.3 Å². The lowest BCUT2D eigenvalue weighted by atomic mass is 10.2. The number of rotatable bonds is 10. The van der Waals surface area contributed by atoms with Crippen molar-refractivity contribution in [3.63, 3.8) is 0 Å². The van der Waals surface area contributed by atoms with Crippen LogP contribution in [0.2, 0.25) is 0 Å². The molecule has 45 heavy (non-hydrogen) atoms. The molecule has 0 bridgehead atoms. The van der Waals surface area contributed by atoms with Crippen LogP contribution in [0.1, 0.15) is 6.92 Å². The van der Waals surface area contributed by atoms with Crippen molar-refractivity contribution in [3.8, 4) is 23.3 Å². The quantitative estimate of drug-likeness (QED) is 0.143. The van der Waals surface area contributed by atoms with Gasteiger partial charge in [-0.05, 0) is 36.4 Å². The SMILES string of the molecule is CC(=O)O[N+](=O)c1ccc(Oc2cccc3c2ccn3OC(=O)Cn2ccc3c(Oc4ccc([N+](=O)[O-])cn4)cccc32)nc1. The Labute approximate surface area is 252 Å². The molecule has 6 rings (SSSR count). The minimum absolute atomic E-state index is 0.00884. The van der Waals surface area contributed by atoms with Gasteiger partial charge in [0.25, 0.3) is 10.6 Å². The molecule has 4 heterocycles. The third-order valence-electron chi connectivity index (χ3n) is 6.43. The number of aromatic nitrogens is 4. The molecular weight excluding hydrogens is 588 g/mol. The van der Waals surface area contributed by atoms with Crippen molar-refractivity contribution in [1.82, 2.24) is 19.3 Å². The summed E-state index contributed by atoms with van der Waals surface area (Å²) in [6.45, 7) is 0.998. The van der Waals surface area contributed by atoms with Gasteiger partial charge in [-0.15, -0.1) is 4.84 Å². The van der Waals surface area contributed by atoms with Gasteiger partial charge in [-0.25, -0.2) is 19.6 Å². The van der Waals surface area contributed by atoms with E-state index in [1.807, 2.05) is 6.07 Å². The third kappa shape index (κ3) is 6.12. The normalized spacial score (nSPS) is 10.9. The second kappa shape index (κ2) is 11.9. The zero-order chi connectivity index (χ0) is 31.5. The van der Waals surface area contributed by atoms with E-state index in [1.165, 1.54) is 35.2 Å². The number of ether oxygens (including phenoxy) is 2. The first kappa shape index (κ1) is 28.5. The number of nitro groups is 1. The van der Waals surface area contributed by atoms with Crippen LogP contribution in [-0.4, -0.2) is 41.1 Å². The zero-order valence-electron chi connectivity index (χ0n) is 23.3. The maximum absolute atomic E-state index is 13.0. The van der Waals surface area contributed by atoms with Gasteiger partial charge in [0.2, 0.25) is 11.8 Å². The van der Waals surface area contributed by atoms with Gasteiger partial charge in [0.1, 0.15) is 30.4 Å². The van der Waals surface area contributed by atoms with Crippen LogP contribution in [0.5, 0.6) is 23.3 Å². The van der Waals surface area contributed by atoms with Crippen LogP contribution in [0, 0.1) is 15.0 Å². The fourth-order valence-electron chi connectivity index (χ4n) is 4.46. The Balaban J connectivity index is 1.14. The third-order valence-corrected chi connectivity index (χ3v) is 6.43. The first-order valence-corrected chi connectivity index (χ1v) is 13.2. The molecule has 0 aliphatic heterocycles. The predicted molar refractivity (Wildman–Crippen MR) is 156 cm³/mol. The number of benzene rings is 2. The van der Waals surface area contributed by atoms with Gasteiger partial charge in [-0.1, -0.05) is 12.1 Å².